The van der Waals surface area contributed by atoms with Crippen LogP contribution in [0.15, 0.2) is 109 Å². The zero-order valence-electron chi connectivity index (χ0n) is 34.8. The number of aliphatic carboxylic acids is 1. The summed E-state index contributed by atoms with van der Waals surface area (Å²) in [6.07, 6.45) is 49.7. The van der Waals surface area contributed by atoms with Crippen molar-refractivity contribution < 1.29 is 38.2 Å². The van der Waals surface area contributed by atoms with Crippen LogP contribution < -0.4 is 5.11 Å². The third-order valence-electron chi connectivity index (χ3n) is 8.32. The lowest BCUT2D eigenvalue weighted by atomic mass is 10.1. The van der Waals surface area contributed by atoms with Gasteiger partial charge in [-0.1, -0.05) is 142 Å². The first-order valence-corrected chi connectivity index (χ1v) is 20.5. The Kier molecular flexibility index (Phi) is 34.2. The number of hydrogen-bond donors (Lipinski definition) is 0. The highest BCUT2D eigenvalue weighted by atomic mass is 16.6. The molecule has 308 valence electrons. The van der Waals surface area contributed by atoms with E-state index in [-0.39, 0.29) is 55.5 Å². The smallest absolute Gasteiger partial charge is 0.306 e. The van der Waals surface area contributed by atoms with Crippen LogP contribution in [0.1, 0.15) is 117 Å². The first-order chi connectivity index (χ1) is 26.6. The highest BCUT2D eigenvalue weighted by Crippen LogP contribution is 2.11. The van der Waals surface area contributed by atoms with Crippen LogP contribution in [0.4, 0.5) is 0 Å². The van der Waals surface area contributed by atoms with Gasteiger partial charge in [0.05, 0.1) is 40.3 Å². The zero-order chi connectivity index (χ0) is 40.7. The number of allylic oxidation sites excluding steroid dienone is 18. The molecule has 8 heteroatoms. The average Bonchev–Trinajstić information content (AvgIpc) is 3.14. The number of quaternary nitrogens is 1. The Morgan fingerprint density at radius 1 is 0.564 bits per heavy atom. The first kappa shape index (κ1) is 51.0. The van der Waals surface area contributed by atoms with Crippen molar-refractivity contribution in [3.63, 3.8) is 0 Å². The Bertz CT molecular complexity index is 1260. The van der Waals surface area contributed by atoms with Crippen LogP contribution in [0, 0.1) is 0 Å². The van der Waals surface area contributed by atoms with Crippen LogP contribution >= 0.6 is 0 Å². The maximum atomic E-state index is 12.7. The Morgan fingerprint density at radius 2 is 1.05 bits per heavy atom. The molecule has 0 radical (unpaired) electrons. The third-order valence-corrected chi connectivity index (χ3v) is 8.32. The standard InChI is InChI=1S/C47H73NO7/c1-6-8-10-12-14-16-18-20-22-23-24-26-27-29-31-33-35-37-45(49)54-42-43(41-53-40-39-44(47(51)52)48(3,4)5)55-46(50)38-36-34-32-30-28-25-21-19-17-15-13-11-9-7-2/h8-12,14-18,20-27,43-44H,6-7,13,19,28-42H2,1-5H3/b10-8+,11-9+,14-12+,17-15+,18-16+,22-20+,24-23+,25-21+,27-26+. The molecule has 0 saturated heterocycles. The van der Waals surface area contributed by atoms with Gasteiger partial charge in [-0.2, -0.15) is 0 Å². The Morgan fingerprint density at radius 3 is 1.64 bits per heavy atom. The van der Waals surface area contributed by atoms with Crippen molar-refractivity contribution in [2.45, 2.75) is 129 Å². The van der Waals surface area contributed by atoms with E-state index in [1.54, 1.807) is 21.1 Å². The molecule has 0 rings (SSSR count). The highest BCUT2D eigenvalue weighted by Gasteiger charge is 2.25. The molecule has 0 aliphatic carbocycles. The largest absolute Gasteiger partial charge is 0.544 e. The van der Waals surface area contributed by atoms with Crippen molar-refractivity contribution in [3.8, 4) is 0 Å². The maximum Gasteiger partial charge on any atom is 0.306 e. The zero-order valence-corrected chi connectivity index (χ0v) is 34.8. The normalized spacial score (nSPS) is 14.1. The Hall–Kier alpha value is -4.01. The number of carbonyl (C=O) groups is 3. The van der Waals surface area contributed by atoms with Gasteiger partial charge in [0.1, 0.15) is 12.6 Å². The number of carboxylic acids is 1. The van der Waals surface area contributed by atoms with Crippen molar-refractivity contribution in [3.05, 3.63) is 109 Å². The molecule has 0 aromatic heterocycles. The van der Waals surface area contributed by atoms with E-state index in [1.165, 1.54) is 0 Å². The molecule has 0 heterocycles. The Labute approximate surface area is 334 Å². The van der Waals surface area contributed by atoms with Gasteiger partial charge in [0.15, 0.2) is 6.10 Å². The van der Waals surface area contributed by atoms with Gasteiger partial charge >= 0.3 is 11.9 Å². The third kappa shape index (κ3) is 35.4. The minimum absolute atomic E-state index is 0.00838. The molecule has 0 N–H and O–H groups in total. The van der Waals surface area contributed by atoms with Crippen LogP contribution in [0.25, 0.3) is 0 Å². The summed E-state index contributed by atoms with van der Waals surface area (Å²) in [5.74, 6) is -1.84. The molecule has 0 fully saturated rings. The fourth-order valence-electron chi connectivity index (χ4n) is 5.17. The fourth-order valence-corrected chi connectivity index (χ4v) is 5.17. The van der Waals surface area contributed by atoms with E-state index in [4.69, 9.17) is 14.2 Å². The van der Waals surface area contributed by atoms with Gasteiger partial charge in [0.2, 0.25) is 0 Å². The number of esters is 2. The van der Waals surface area contributed by atoms with Gasteiger partial charge in [-0.3, -0.25) is 9.59 Å². The van der Waals surface area contributed by atoms with E-state index < -0.39 is 18.1 Å². The van der Waals surface area contributed by atoms with E-state index in [0.29, 0.717) is 6.42 Å². The molecule has 0 aliphatic rings. The van der Waals surface area contributed by atoms with Crippen molar-refractivity contribution in [2.75, 3.05) is 41.0 Å². The van der Waals surface area contributed by atoms with Crippen LogP contribution in [0.3, 0.4) is 0 Å². The van der Waals surface area contributed by atoms with Gasteiger partial charge in [0.25, 0.3) is 0 Å². The van der Waals surface area contributed by atoms with Crippen LogP contribution in [0.5, 0.6) is 0 Å². The number of likely N-dealkylation sites (N-methyl/N-ethyl adjacent to an activating group) is 1. The van der Waals surface area contributed by atoms with Crippen LogP contribution in [-0.4, -0.2) is 75.5 Å². The maximum absolute atomic E-state index is 12.7. The van der Waals surface area contributed by atoms with Gasteiger partial charge in [-0.05, 0) is 64.2 Å². The molecule has 0 spiro atoms. The lowest BCUT2D eigenvalue weighted by Gasteiger charge is -2.34. The SMILES string of the molecule is CC/C=C/C=C/C=C/C=C/C=C/C=C/CCCCCC(=O)OCC(COCCC(C(=O)[O-])[N+](C)(C)C)OC(=O)CCCCCC/C=C/C/C=C/C/C=C/CC. The second-order valence-electron chi connectivity index (χ2n) is 14.3. The number of hydrogen-bond acceptors (Lipinski definition) is 7. The molecule has 2 atom stereocenters. The fraction of sp³-hybridized carbons (Fsp3) is 0.553. The monoisotopic (exact) mass is 764 g/mol. The van der Waals surface area contributed by atoms with Gasteiger partial charge < -0.3 is 28.6 Å². The number of unbranched alkanes of at least 4 members (excludes halogenated alkanes) is 7. The topological polar surface area (TPSA) is 102 Å². The van der Waals surface area contributed by atoms with Gasteiger partial charge in [0, 0.05) is 19.3 Å². The van der Waals surface area contributed by atoms with Crippen LogP contribution in [-0.2, 0) is 28.6 Å². The summed E-state index contributed by atoms with van der Waals surface area (Å²) in [6.45, 7) is 4.29. The van der Waals surface area contributed by atoms with E-state index in [1.807, 2.05) is 60.8 Å². The molecule has 55 heavy (non-hydrogen) atoms. The quantitative estimate of drug-likeness (QED) is 0.0212. The lowest BCUT2D eigenvalue weighted by molar-refractivity contribution is -0.889. The molecule has 0 amide bonds. The van der Waals surface area contributed by atoms with Gasteiger partial charge in [-0.15, -0.1) is 0 Å². The molecular weight excluding hydrogens is 691 g/mol. The minimum atomic E-state index is -1.14. The summed E-state index contributed by atoms with van der Waals surface area (Å²) < 4.78 is 17.1. The molecule has 0 aromatic carbocycles. The lowest BCUT2D eigenvalue weighted by Crippen LogP contribution is -2.55. The summed E-state index contributed by atoms with van der Waals surface area (Å²) >= 11 is 0. The molecular formula is C47H73NO7. The van der Waals surface area contributed by atoms with E-state index in [9.17, 15) is 19.5 Å². The first-order valence-electron chi connectivity index (χ1n) is 20.5. The molecule has 8 nitrogen and oxygen atoms in total. The number of ether oxygens (including phenoxy) is 3. The van der Waals surface area contributed by atoms with E-state index in [0.717, 1.165) is 77.0 Å². The van der Waals surface area contributed by atoms with Crippen molar-refractivity contribution in [2.24, 2.45) is 0 Å². The summed E-state index contributed by atoms with van der Waals surface area (Å²) in [5, 5.41) is 11.6. The average molecular weight is 764 g/mol. The van der Waals surface area contributed by atoms with Crippen LogP contribution in [0.2, 0.25) is 0 Å². The second-order valence-corrected chi connectivity index (χ2v) is 14.3. The van der Waals surface area contributed by atoms with Crippen molar-refractivity contribution in [1.29, 1.82) is 0 Å². The summed E-state index contributed by atoms with van der Waals surface area (Å²) in [4.78, 5) is 36.8. The number of carbonyl (C=O) groups excluding carboxylic acids is 3. The van der Waals surface area contributed by atoms with E-state index in [2.05, 4.69) is 62.5 Å². The molecule has 0 aliphatic heterocycles. The van der Waals surface area contributed by atoms with Crippen molar-refractivity contribution >= 4 is 17.9 Å². The van der Waals surface area contributed by atoms with Crippen molar-refractivity contribution in [1.82, 2.24) is 0 Å². The molecule has 0 bridgehead atoms. The summed E-state index contributed by atoms with van der Waals surface area (Å²) in [5.41, 5.74) is 0. The number of rotatable bonds is 34. The molecule has 0 aromatic rings. The predicted molar refractivity (Wildman–Crippen MR) is 226 cm³/mol. The second kappa shape index (κ2) is 36.9. The summed E-state index contributed by atoms with van der Waals surface area (Å²) in [6, 6.07) is -0.744. The van der Waals surface area contributed by atoms with Gasteiger partial charge in [-0.25, -0.2) is 0 Å². The molecule has 0 saturated carbocycles. The highest BCUT2D eigenvalue weighted by molar-refractivity contribution is 5.70. The number of nitrogens with zero attached hydrogens (tertiary/aromatic N) is 1. The summed E-state index contributed by atoms with van der Waals surface area (Å²) in [7, 11) is 5.36. The number of carboxylic acid groups (broad SMARTS) is 1. The predicted octanol–water partition coefficient (Wildman–Crippen LogP) is 9.57. The van der Waals surface area contributed by atoms with E-state index >= 15 is 0 Å². The molecule has 2 unspecified atom stereocenters. The minimum Gasteiger partial charge on any atom is -0.544 e. The Balaban J connectivity index is 4.55.